The first kappa shape index (κ1) is 24.0. The van der Waals surface area contributed by atoms with Gasteiger partial charge in [-0.05, 0) is 73.3 Å². The predicted octanol–water partition coefficient (Wildman–Crippen LogP) is 4.01. The molecule has 0 amide bonds. The monoisotopic (exact) mass is 477 g/mol. The lowest BCUT2D eigenvalue weighted by Crippen LogP contribution is -2.20. The standard InChI is InChI=1S/C27H31N3O3S/c1-33-24-5-3-2-4-21(24)13-17-29-18-20-8-6-19(7-9-20)12-15-28-16-14-22-10-11-23(31)25-26(22)34-27(32)30-25/h2-11,28-29,31H,12-18H2,1H3,(H,30,32). The Morgan fingerprint density at radius 2 is 1.56 bits per heavy atom. The van der Waals surface area contributed by atoms with E-state index in [0.717, 1.165) is 72.8 Å². The predicted molar refractivity (Wildman–Crippen MR) is 139 cm³/mol. The molecule has 4 aromatic rings. The summed E-state index contributed by atoms with van der Waals surface area (Å²) in [6.45, 7) is 3.46. The van der Waals surface area contributed by atoms with Gasteiger partial charge in [-0.2, -0.15) is 0 Å². The Labute approximate surface area is 203 Å². The molecule has 3 aromatic carbocycles. The fourth-order valence-electron chi connectivity index (χ4n) is 4.04. The summed E-state index contributed by atoms with van der Waals surface area (Å²) in [6, 6.07) is 20.5. The third-order valence-electron chi connectivity index (χ3n) is 5.92. The van der Waals surface area contributed by atoms with Gasteiger partial charge in [-0.15, -0.1) is 0 Å². The Morgan fingerprint density at radius 1 is 0.853 bits per heavy atom. The van der Waals surface area contributed by atoms with E-state index >= 15 is 0 Å². The number of aromatic hydroxyl groups is 1. The molecule has 34 heavy (non-hydrogen) atoms. The average Bonchev–Trinajstić information content (AvgIpc) is 3.26. The highest BCUT2D eigenvalue weighted by Crippen LogP contribution is 2.27. The smallest absolute Gasteiger partial charge is 0.305 e. The van der Waals surface area contributed by atoms with E-state index < -0.39 is 0 Å². The number of nitrogens with one attached hydrogen (secondary N) is 3. The normalized spacial score (nSPS) is 11.2. The summed E-state index contributed by atoms with van der Waals surface area (Å²) in [5.74, 6) is 1.07. The summed E-state index contributed by atoms with van der Waals surface area (Å²) in [7, 11) is 1.71. The maximum absolute atomic E-state index is 11.6. The SMILES string of the molecule is COc1ccccc1CCNCc1ccc(CCNCCc2ccc(O)c3[nH]c(=O)sc23)cc1. The summed E-state index contributed by atoms with van der Waals surface area (Å²) in [6.07, 6.45) is 2.71. The van der Waals surface area contributed by atoms with Crippen LogP contribution in [0.2, 0.25) is 0 Å². The van der Waals surface area contributed by atoms with Gasteiger partial charge in [-0.25, -0.2) is 0 Å². The molecule has 0 aliphatic carbocycles. The van der Waals surface area contributed by atoms with Crippen molar-refractivity contribution in [2.45, 2.75) is 25.8 Å². The minimum absolute atomic E-state index is 0.125. The second-order valence-electron chi connectivity index (χ2n) is 8.27. The van der Waals surface area contributed by atoms with Gasteiger partial charge in [0, 0.05) is 6.54 Å². The average molecular weight is 478 g/mol. The maximum atomic E-state index is 11.6. The van der Waals surface area contributed by atoms with E-state index in [4.69, 9.17) is 4.74 Å². The van der Waals surface area contributed by atoms with Crippen LogP contribution in [0.25, 0.3) is 10.2 Å². The molecular formula is C27H31N3O3S. The molecule has 0 radical (unpaired) electrons. The van der Waals surface area contributed by atoms with Gasteiger partial charge < -0.3 is 25.5 Å². The highest BCUT2D eigenvalue weighted by Gasteiger charge is 2.09. The van der Waals surface area contributed by atoms with Crippen LogP contribution in [0.1, 0.15) is 22.3 Å². The van der Waals surface area contributed by atoms with E-state index in [-0.39, 0.29) is 10.6 Å². The van der Waals surface area contributed by atoms with Crippen molar-refractivity contribution in [3.63, 3.8) is 0 Å². The number of methoxy groups -OCH3 is 1. The molecule has 0 unspecified atom stereocenters. The number of ether oxygens (including phenoxy) is 1. The molecule has 0 bridgehead atoms. The number of phenolic OH excluding ortho intramolecular Hbond substituents is 1. The Morgan fingerprint density at radius 3 is 2.38 bits per heavy atom. The van der Waals surface area contributed by atoms with Crippen LogP contribution in [0, 0.1) is 0 Å². The molecule has 178 valence electrons. The van der Waals surface area contributed by atoms with Gasteiger partial charge in [0.05, 0.1) is 11.8 Å². The van der Waals surface area contributed by atoms with Crippen molar-refractivity contribution in [1.29, 1.82) is 0 Å². The van der Waals surface area contributed by atoms with E-state index in [1.54, 1.807) is 13.2 Å². The van der Waals surface area contributed by atoms with Crippen molar-refractivity contribution in [3.05, 3.63) is 92.6 Å². The van der Waals surface area contributed by atoms with E-state index in [2.05, 4.69) is 45.9 Å². The van der Waals surface area contributed by atoms with Crippen molar-refractivity contribution in [3.8, 4) is 11.5 Å². The first-order valence-corrected chi connectivity index (χ1v) is 12.4. The van der Waals surface area contributed by atoms with Gasteiger partial charge in [-0.3, -0.25) is 4.79 Å². The number of rotatable bonds is 12. The Kier molecular flexibility index (Phi) is 8.36. The zero-order valence-corrected chi connectivity index (χ0v) is 20.2. The number of phenols is 1. The molecule has 1 aromatic heterocycles. The van der Waals surface area contributed by atoms with Gasteiger partial charge in [0.2, 0.25) is 0 Å². The van der Waals surface area contributed by atoms with Crippen LogP contribution in [0.5, 0.6) is 11.5 Å². The van der Waals surface area contributed by atoms with E-state index in [0.29, 0.717) is 5.52 Å². The molecule has 0 fully saturated rings. The number of aromatic amines is 1. The summed E-state index contributed by atoms with van der Waals surface area (Å²) < 4.78 is 6.26. The number of hydrogen-bond donors (Lipinski definition) is 4. The second kappa shape index (κ2) is 11.8. The molecule has 4 N–H and O–H groups in total. The Bertz CT molecular complexity index is 1260. The summed E-state index contributed by atoms with van der Waals surface area (Å²) >= 11 is 1.15. The molecule has 6 nitrogen and oxygen atoms in total. The number of thiazole rings is 1. The zero-order chi connectivity index (χ0) is 23.8. The van der Waals surface area contributed by atoms with Crippen LogP contribution in [0.3, 0.4) is 0 Å². The molecule has 4 rings (SSSR count). The Balaban J connectivity index is 1.15. The van der Waals surface area contributed by atoms with Crippen molar-refractivity contribution in [2.24, 2.45) is 0 Å². The molecule has 7 heteroatoms. The van der Waals surface area contributed by atoms with E-state index in [1.807, 2.05) is 24.3 Å². The minimum atomic E-state index is -0.138. The van der Waals surface area contributed by atoms with Crippen LogP contribution >= 0.6 is 11.3 Å². The lowest BCUT2D eigenvalue weighted by Gasteiger charge is -2.10. The van der Waals surface area contributed by atoms with Crippen molar-refractivity contribution < 1.29 is 9.84 Å². The van der Waals surface area contributed by atoms with Crippen LogP contribution in [0.15, 0.2) is 65.5 Å². The number of aromatic nitrogens is 1. The van der Waals surface area contributed by atoms with Gasteiger partial charge in [0.1, 0.15) is 17.0 Å². The molecule has 0 aliphatic heterocycles. The number of fused-ring (bicyclic) bond motifs is 1. The maximum Gasteiger partial charge on any atom is 0.305 e. The largest absolute Gasteiger partial charge is 0.506 e. The highest BCUT2D eigenvalue weighted by molar-refractivity contribution is 7.16. The van der Waals surface area contributed by atoms with Crippen LogP contribution in [-0.2, 0) is 25.8 Å². The van der Waals surface area contributed by atoms with Gasteiger partial charge >= 0.3 is 4.87 Å². The number of benzene rings is 3. The molecule has 0 spiro atoms. The first-order chi connectivity index (χ1) is 16.6. The molecular weight excluding hydrogens is 446 g/mol. The van der Waals surface area contributed by atoms with E-state index in [1.165, 1.54) is 16.7 Å². The Hall–Kier alpha value is -3.13. The number of para-hydroxylation sites is 1. The van der Waals surface area contributed by atoms with Crippen LogP contribution < -0.4 is 20.2 Å². The molecule has 0 atom stereocenters. The van der Waals surface area contributed by atoms with Gasteiger partial charge in [-0.1, -0.05) is 59.9 Å². The second-order valence-corrected chi connectivity index (χ2v) is 9.25. The molecule has 1 heterocycles. The lowest BCUT2D eigenvalue weighted by atomic mass is 10.1. The summed E-state index contributed by atoms with van der Waals surface area (Å²) in [4.78, 5) is 14.2. The summed E-state index contributed by atoms with van der Waals surface area (Å²) in [5.41, 5.74) is 5.42. The quantitative estimate of drug-likeness (QED) is 0.232. The topological polar surface area (TPSA) is 86.4 Å². The number of H-pyrrole nitrogens is 1. The third kappa shape index (κ3) is 6.26. The fraction of sp³-hybridized carbons (Fsp3) is 0.296. The summed E-state index contributed by atoms with van der Waals surface area (Å²) in [5, 5.41) is 16.9. The fourth-order valence-corrected chi connectivity index (χ4v) is 4.94. The highest BCUT2D eigenvalue weighted by atomic mass is 32.1. The van der Waals surface area contributed by atoms with Crippen LogP contribution in [0.4, 0.5) is 0 Å². The van der Waals surface area contributed by atoms with Crippen molar-refractivity contribution in [2.75, 3.05) is 26.7 Å². The van der Waals surface area contributed by atoms with Gasteiger partial charge in [0.25, 0.3) is 0 Å². The molecule has 0 aliphatic rings. The van der Waals surface area contributed by atoms with Crippen LogP contribution in [-0.4, -0.2) is 36.8 Å². The van der Waals surface area contributed by atoms with Crippen molar-refractivity contribution in [1.82, 2.24) is 15.6 Å². The van der Waals surface area contributed by atoms with Crippen molar-refractivity contribution >= 4 is 21.6 Å². The van der Waals surface area contributed by atoms with Gasteiger partial charge in [0.15, 0.2) is 0 Å². The first-order valence-electron chi connectivity index (χ1n) is 11.6. The number of hydrogen-bond acceptors (Lipinski definition) is 6. The van der Waals surface area contributed by atoms with E-state index in [9.17, 15) is 9.90 Å². The third-order valence-corrected chi connectivity index (χ3v) is 6.87. The zero-order valence-electron chi connectivity index (χ0n) is 19.4. The molecule has 0 saturated heterocycles. The molecule has 0 saturated carbocycles. The lowest BCUT2D eigenvalue weighted by molar-refractivity contribution is 0.409. The minimum Gasteiger partial charge on any atom is -0.506 e.